The van der Waals surface area contributed by atoms with E-state index in [-0.39, 0.29) is 29.9 Å². The molecular formula is C24H26N2O16S. The average Bonchev–Trinajstić information content (AvgIpc) is 3.28. The Morgan fingerprint density at radius 2 is 1.74 bits per heavy atom. The summed E-state index contributed by atoms with van der Waals surface area (Å²) in [5.41, 5.74) is 0.242. The summed E-state index contributed by atoms with van der Waals surface area (Å²) in [5, 5.41) is 69.6. The molecule has 3 aliphatic rings. The Balaban J connectivity index is 1.58. The third kappa shape index (κ3) is 7.10. The smallest absolute Gasteiger partial charge is 0.397 e. The number of rotatable bonds is 10. The van der Waals surface area contributed by atoms with E-state index in [4.69, 9.17) is 14.0 Å². The van der Waals surface area contributed by atoms with Gasteiger partial charge < -0.3 is 50.1 Å². The molecule has 1 aromatic rings. The van der Waals surface area contributed by atoms with Gasteiger partial charge in [-0.25, -0.2) is 18.6 Å². The highest BCUT2D eigenvalue weighted by Crippen LogP contribution is 2.42. The van der Waals surface area contributed by atoms with Gasteiger partial charge in [-0.3, -0.25) is 9.55 Å². The van der Waals surface area contributed by atoms with Crippen LogP contribution in [0.3, 0.4) is 0 Å². The van der Waals surface area contributed by atoms with Crippen LogP contribution in [0.2, 0.25) is 0 Å². The van der Waals surface area contributed by atoms with Gasteiger partial charge in [0.15, 0.2) is 17.5 Å². The number of ether oxygens (including phenoxy) is 2. The van der Waals surface area contributed by atoms with E-state index in [9.17, 15) is 58.5 Å². The highest BCUT2D eigenvalue weighted by atomic mass is 32.3. The second-order valence-corrected chi connectivity index (χ2v) is 10.8. The maximum absolute atomic E-state index is 12.0. The highest BCUT2D eigenvalue weighted by molar-refractivity contribution is 7.80. The summed E-state index contributed by atoms with van der Waals surface area (Å²) >= 11 is 0. The predicted octanol–water partition coefficient (Wildman–Crippen LogP) is -1.96. The molecule has 3 aliphatic heterocycles. The average molecular weight is 631 g/mol. The Kier molecular flexibility index (Phi) is 9.06. The molecule has 19 heteroatoms. The van der Waals surface area contributed by atoms with Gasteiger partial charge in [0, 0.05) is 30.8 Å². The number of nitrogens with zero attached hydrogens (tertiary/aromatic N) is 2. The molecule has 7 atom stereocenters. The lowest BCUT2D eigenvalue weighted by molar-refractivity contribution is -0.276. The number of phenols is 1. The number of fused-ring (bicyclic) bond motifs is 1. The molecule has 0 saturated carbocycles. The van der Waals surface area contributed by atoms with Crippen molar-refractivity contribution in [3.63, 3.8) is 0 Å². The van der Waals surface area contributed by atoms with E-state index < -0.39 is 89.2 Å². The van der Waals surface area contributed by atoms with E-state index >= 15 is 0 Å². The van der Waals surface area contributed by atoms with E-state index in [2.05, 4.69) is 9.18 Å². The van der Waals surface area contributed by atoms with Gasteiger partial charge in [-0.2, -0.15) is 8.42 Å². The Bertz CT molecular complexity index is 1500. The van der Waals surface area contributed by atoms with E-state index in [1.54, 1.807) is 0 Å². The molecule has 1 aromatic carbocycles. The lowest BCUT2D eigenvalue weighted by Gasteiger charge is -2.39. The van der Waals surface area contributed by atoms with Crippen LogP contribution < -0.4 is 9.64 Å². The molecule has 3 heterocycles. The van der Waals surface area contributed by atoms with Gasteiger partial charge in [0.25, 0.3) is 0 Å². The summed E-state index contributed by atoms with van der Waals surface area (Å²) < 4.78 is 45.5. The maximum atomic E-state index is 12.0. The number of carboxylic acid groups (broad SMARTS) is 3. The van der Waals surface area contributed by atoms with Crippen molar-refractivity contribution >= 4 is 39.7 Å². The number of anilines is 1. The fraction of sp³-hybridized carbons (Fsp3) is 0.417. The molecule has 0 spiro atoms. The Morgan fingerprint density at radius 3 is 2.35 bits per heavy atom. The first kappa shape index (κ1) is 31.8. The number of aliphatic hydroxyl groups is 3. The van der Waals surface area contributed by atoms with Crippen molar-refractivity contribution in [2.24, 2.45) is 4.99 Å². The molecule has 18 nitrogen and oxygen atoms in total. The molecule has 4 rings (SSSR count). The first-order chi connectivity index (χ1) is 20.1. The van der Waals surface area contributed by atoms with Crippen LogP contribution in [0.5, 0.6) is 11.5 Å². The normalized spacial score (nSPS) is 29.1. The fourth-order valence-electron chi connectivity index (χ4n) is 4.65. The van der Waals surface area contributed by atoms with Gasteiger partial charge in [-0.15, -0.1) is 0 Å². The summed E-state index contributed by atoms with van der Waals surface area (Å²) in [4.78, 5) is 39.7. The Hall–Kier alpha value is -4.11. The molecule has 0 radical (unpaired) electrons. The molecule has 1 fully saturated rings. The molecule has 0 bridgehead atoms. The van der Waals surface area contributed by atoms with Crippen molar-refractivity contribution in [2.45, 2.75) is 55.6 Å². The zero-order valence-electron chi connectivity index (χ0n) is 21.7. The molecule has 0 aliphatic carbocycles. The van der Waals surface area contributed by atoms with Gasteiger partial charge in [0.05, 0.1) is 6.61 Å². The molecule has 7 unspecified atom stereocenters. The van der Waals surface area contributed by atoms with Crippen LogP contribution in [0.25, 0.3) is 0 Å². The lowest BCUT2D eigenvalue weighted by atomic mass is 9.99. The van der Waals surface area contributed by atoms with Crippen LogP contribution in [0, 0.1) is 0 Å². The number of aliphatic hydroxyl groups excluding tert-OH is 3. The van der Waals surface area contributed by atoms with Gasteiger partial charge in [-0.05, 0) is 29.4 Å². The number of hydrogen-bond acceptors (Lipinski definition) is 14. The number of aliphatic imine (C=N–C) groups is 1. The molecule has 8 N–H and O–H groups in total. The molecule has 43 heavy (non-hydrogen) atoms. The molecule has 0 aromatic heterocycles. The van der Waals surface area contributed by atoms with Crippen LogP contribution in [-0.4, -0.2) is 122 Å². The summed E-state index contributed by atoms with van der Waals surface area (Å²) in [5.74, 6) is -5.01. The lowest BCUT2D eigenvalue weighted by Crippen LogP contribution is -2.60. The quantitative estimate of drug-likeness (QED) is 0.130. The van der Waals surface area contributed by atoms with Gasteiger partial charge in [-0.1, -0.05) is 0 Å². The number of allylic oxidation sites excluding steroid dienone is 1. The highest BCUT2D eigenvalue weighted by Gasteiger charge is 2.46. The van der Waals surface area contributed by atoms with Crippen LogP contribution in [0.15, 0.2) is 41.1 Å². The first-order valence-electron chi connectivity index (χ1n) is 12.3. The predicted molar refractivity (Wildman–Crippen MR) is 139 cm³/mol. The van der Waals surface area contributed by atoms with Crippen molar-refractivity contribution in [2.75, 3.05) is 11.5 Å². The fourth-order valence-corrected chi connectivity index (χ4v) is 4.96. The number of hydrogen-bond donors (Lipinski definition) is 8. The summed E-state index contributed by atoms with van der Waals surface area (Å²) in [7, 11) is -4.95. The van der Waals surface area contributed by atoms with E-state index in [0.29, 0.717) is 5.56 Å². The largest absolute Gasteiger partial charge is 0.504 e. The van der Waals surface area contributed by atoms with Crippen LogP contribution in [-0.2, 0) is 40.1 Å². The minimum atomic E-state index is -4.95. The number of aromatic hydroxyl groups is 1. The number of dihydropyridines is 1. The minimum absolute atomic E-state index is 0.134. The van der Waals surface area contributed by atoms with Crippen molar-refractivity contribution in [1.29, 1.82) is 0 Å². The number of carboxylic acids is 3. The third-order valence-electron chi connectivity index (χ3n) is 6.76. The van der Waals surface area contributed by atoms with E-state index in [1.807, 2.05) is 0 Å². The van der Waals surface area contributed by atoms with E-state index in [0.717, 1.165) is 12.1 Å². The molecule has 0 amide bonds. The second kappa shape index (κ2) is 12.2. The molecule has 1 saturated heterocycles. The van der Waals surface area contributed by atoms with Crippen molar-refractivity contribution < 1.29 is 76.8 Å². The van der Waals surface area contributed by atoms with Gasteiger partial charge >= 0.3 is 28.3 Å². The van der Waals surface area contributed by atoms with Crippen LogP contribution >= 0.6 is 0 Å². The zero-order chi connectivity index (χ0) is 31.8. The topological polar surface area (TPSA) is 290 Å². The van der Waals surface area contributed by atoms with Crippen LogP contribution in [0.4, 0.5) is 5.69 Å². The van der Waals surface area contributed by atoms with Crippen molar-refractivity contribution in [1.82, 2.24) is 0 Å². The van der Waals surface area contributed by atoms with Gasteiger partial charge in [0.2, 0.25) is 6.29 Å². The number of carbonyl (C=O) groups is 3. The standard InChI is InChI=1S/C24H26N2O16S/c27-15-7-13-10(6-16(15)41-24-20(30)19(29)18(28)17(42-24)8-40-43(37,38)39)5-14(23(35)36)26(13)2-1-9-3-11(21(31)32)25-12(4-9)22(33)34/h1-3,6-7,12,14,17-20,24,27-30H,4-5,8H2,(H,31,32)(H,33,34)(H,35,36)(H,37,38,39). The summed E-state index contributed by atoms with van der Waals surface area (Å²) in [6, 6.07) is -0.238. The summed E-state index contributed by atoms with van der Waals surface area (Å²) in [6.07, 6.45) is -5.64. The maximum Gasteiger partial charge on any atom is 0.397 e. The van der Waals surface area contributed by atoms with Gasteiger partial charge in [0.1, 0.15) is 36.2 Å². The summed E-state index contributed by atoms with van der Waals surface area (Å²) in [6.45, 7) is -0.967. The third-order valence-corrected chi connectivity index (χ3v) is 7.20. The molecule has 234 valence electrons. The van der Waals surface area contributed by atoms with Crippen molar-refractivity contribution in [3.8, 4) is 11.5 Å². The molecular weight excluding hydrogens is 604 g/mol. The number of aliphatic carboxylic acids is 3. The van der Waals surface area contributed by atoms with Crippen molar-refractivity contribution in [3.05, 3.63) is 41.6 Å². The Labute approximate surface area is 241 Å². The number of benzene rings is 1. The zero-order valence-corrected chi connectivity index (χ0v) is 22.5. The second-order valence-electron chi connectivity index (χ2n) is 9.67. The number of phenolic OH excluding ortho intramolecular Hbond substituents is 1. The monoisotopic (exact) mass is 630 g/mol. The van der Waals surface area contributed by atoms with E-state index in [1.165, 1.54) is 23.2 Å². The minimum Gasteiger partial charge on any atom is -0.504 e. The van der Waals surface area contributed by atoms with Crippen LogP contribution in [0.1, 0.15) is 12.0 Å². The Morgan fingerprint density at radius 1 is 1.05 bits per heavy atom. The first-order valence-corrected chi connectivity index (χ1v) is 13.7. The SMILES string of the molecule is O=C(O)C1=NC(C(=O)O)CC(C=CN2c3cc(O)c(OC4OC(COS(=O)(=O)O)C(O)C(O)C4O)cc3CC2C(=O)O)=C1.